The van der Waals surface area contributed by atoms with Crippen molar-refractivity contribution in [3.63, 3.8) is 0 Å². The van der Waals surface area contributed by atoms with Crippen molar-refractivity contribution in [2.75, 3.05) is 7.11 Å². The first-order valence-electron chi connectivity index (χ1n) is 10.7. The number of alkyl halides is 1. The number of rotatable bonds is 7. The molecular formula is C28H23Cl2NO2. The van der Waals surface area contributed by atoms with Gasteiger partial charge in [-0.25, -0.2) is 9.78 Å². The molecule has 166 valence electrons. The van der Waals surface area contributed by atoms with E-state index in [1.54, 1.807) is 6.07 Å². The summed E-state index contributed by atoms with van der Waals surface area (Å²) >= 11 is 12.8. The van der Waals surface area contributed by atoms with E-state index in [1.165, 1.54) is 7.11 Å². The summed E-state index contributed by atoms with van der Waals surface area (Å²) < 4.78 is 4.89. The van der Waals surface area contributed by atoms with Crippen LogP contribution in [0.4, 0.5) is 0 Å². The fraction of sp³-hybridized carbons (Fsp3) is 0.143. The van der Waals surface area contributed by atoms with Gasteiger partial charge < -0.3 is 4.74 Å². The monoisotopic (exact) mass is 475 g/mol. The first-order valence-corrected chi connectivity index (χ1v) is 11.5. The van der Waals surface area contributed by atoms with Gasteiger partial charge in [-0.1, -0.05) is 72.3 Å². The molecule has 0 saturated heterocycles. The fourth-order valence-electron chi connectivity index (χ4n) is 3.73. The lowest BCUT2D eigenvalue weighted by Crippen LogP contribution is -2.06. The van der Waals surface area contributed by atoms with E-state index in [9.17, 15) is 4.79 Å². The molecule has 0 aliphatic rings. The molecule has 0 radical (unpaired) electrons. The maximum Gasteiger partial charge on any atom is 0.338 e. The number of carbonyl (C=O) groups excluding carboxylic acids is 1. The lowest BCUT2D eigenvalue weighted by Gasteiger charge is -2.12. The minimum Gasteiger partial charge on any atom is -0.465 e. The van der Waals surface area contributed by atoms with Gasteiger partial charge in [0.05, 0.1) is 29.3 Å². The van der Waals surface area contributed by atoms with Gasteiger partial charge in [0, 0.05) is 10.4 Å². The second kappa shape index (κ2) is 10.7. The average molecular weight is 476 g/mol. The molecule has 4 aromatic rings. The van der Waals surface area contributed by atoms with Gasteiger partial charge in [0.25, 0.3) is 0 Å². The first-order chi connectivity index (χ1) is 16.0. The molecule has 3 nitrogen and oxygen atoms in total. The van der Waals surface area contributed by atoms with Gasteiger partial charge in [-0.2, -0.15) is 0 Å². The molecule has 33 heavy (non-hydrogen) atoms. The van der Waals surface area contributed by atoms with Crippen molar-refractivity contribution in [2.45, 2.75) is 18.2 Å². The van der Waals surface area contributed by atoms with Crippen LogP contribution in [-0.2, 0) is 11.2 Å². The number of methoxy groups -OCH3 is 1. The molecule has 0 aliphatic carbocycles. The molecular weight excluding hydrogens is 453 g/mol. The molecule has 5 heteroatoms. The van der Waals surface area contributed by atoms with Crippen LogP contribution in [0.2, 0.25) is 5.02 Å². The Balaban J connectivity index is 1.46. The Morgan fingerprint density at radius 1 is 1.00 bits per heavy atom. The highest BCUT2D eigenvalue weighted by atomic mass is 35.5. The highest BCUT2D eigenvalue weighted by molar-refractivity contribution is 6.31. The zero-order valence-electron chi connectivity index (χ0n) is 18.2. The molecule has 1 atom stereocenters. The van der Waals surface area contributed by atoms with Crippen molar-refractivity contribution in [2.24, 2.45) is 0 Å². The van der Waals surface area contributed by atoms with Crippen molar-refractivity contribution < 1.29 is 9.53 Å². The molecule has 1 heterocycles. The molecule has 0 N–H and O–H groups in total. The summed E-state index contributed by atoms with van der Waals surface area (Å²) in [6.07, 6.45) is 5.40. The van der Waals surface area contributed by atoms with Gasteiger partial charge in [0.2, 0.25) is 0 Å². The van der Waals surface area contributed by atoms with Gasteiger partial charge in [-0.3, -0.25) is 0 Å². The quantitative estimate of drug-likeness (QED) is 0.202. The van der Waals surface area contributed by atoms with E-state index in [1.807, 2.05) is 78.9 Å². The number of hydrogen-bond acceptors (Lipinski definition) is 3. The van der Waals surface area contributed by atoms with Gasteiger partial charge in [0.15, 0.2) is 0 Å². The Morgan fingerprint density at radius 3 is 2.67 bits per heavy atom. The number of halogens is 2. The van der Waals surface area contributed by atoms with Gasteiger partial charge in [0.1, 0.15) is 0 Å². The topological polar surface area (TPSA) is 39.2 Å². The Hall–Kier alpha value is -3.14. The first kappa shape index (κ1) is 23.0. The highest BCUT2D eigenvalue weighted by Crippen LogP contribution is 2.28. The van der Waals surface area contributed by atoms with Crippen molar-refractivity contribution in [1.29, 1.82) is 0 Å². The molecule has 0 aliphatic heterocycles. The number of aryl methyl sites for hydroxylation is 1. The van der Waals surface area contributed by atoms with Gasteiger partial charge >= 0.3 is 5.97 Å². The number of nitrogens with zero attached hydrogens (tertiary/aromatic N) is 1. The third-order valence-corrected chi connectivity index (χ3v) is 6.19. The van der Waals surface area contributed by atoms with E-state index in [4.69, 9.17) is 27.9 Å². The van der Waals surface area contributed by atoms with E-state index in [2.05, 4.69) is 11.1 Å². The smallest absolute Gasteiger partial charge is 0.338 e. The van der Waals surface area contributed by atoms with Crippen LogP contribution in [0.1, 0.15) is 44.5 Å². The normalized spacial score (nSPS) is 12.2. The second-order valence-electron chi connectivity index (χ2n) is 7.73. The van der Waals surface area contributed by atoms with Gasteiger partial charge in [-0.05, 0) is 59.9 Å². The van der Waals surface area contributed by atoms with Crippen LogP contribution in [0.3, 0.4) is 0 Å². The standard InChI is InChI=1S/C28H23Cl2NO2/c1-33-28(32)25-8-3-2-6-20(25)12-16-26(30)22-7-4-5-19(17-22)9-14-24-15-11-21-10-13-23(29)18-27(21)31-24/h2-11,13-15,17-18,26H,12,16H2,1H3/b14-9+. The molecule has 0 saturated carbocycles. The van der Waals surface area contributed by atoms with E-state index in [0.29, 0.717) is 23.4 Å². The Bertz CT molecular complexity index is 1320. The number of aromatic nitrogens is 1. The number of ether oxygens (including phenoxy) is 1. The molecule has 1 aromatic heterocycles. The van der Waals surface area contributed by atoms with Crippen molar-refractivity contribution in [3.05, 3.63) is 112 Å². The summed E-state index contributed by atoms with van der Waals surface area (Å²) in [6, 6.07) is 25.3. The minimum absolute atomic E-state index is 0.176. The van der Waals surface area contributed by atoms with E-state index in [0.717, 1.165) is 33.3 Å². The zero-order valence-corrected chi connectivity index (χ0v) is 19.7. The lowest BCUT2D eigenvalue weighted by molar-refractivity contribution is 0.0599. The van der Waals surface area contributed by atoms with Crippen LogP contribution in [0.15, 0.2) is 78.9 Å². The predicted octanol–water partition coefficient (Wildman–Crippen LogP) is 7.76. The summed E-state index contributed by atoms with van der Waals surface area (Å²) in [5.41, 5.74) is 5.33. The Labute approximate surface area is 203 Å². The molecule has 0 spiro atoms. The number of benzene rings is 3. The minimum atomic E-state index is -0.326. The highest BCUT2D eigenvalue weighted by Gasteiger charge is 2.14. The van der Waals surface area contributed by atoms with Crippen LogP contribution in [-0.4, -0.2) is 18.1 Å². The van der Waals surface area contributed by atoms with E-state index in [-0.39, 0.29) is 11.3 Å². The van der Waals surface area contributed by atoms with Gasteiger partial charge in [-0.15, -0.1) is 11.6 Å². The molecule has 4 rings (SSSR count). The molecule has 3 aromatic carbocycles. The predicted molar refractivity (Wildman–Crippen MR) is 137 cm³/mol. The van der Waals surface area contributed by atoms with E-state index >= 15 is 0 Å². The summed E-state index contributed by atoms with van der Waals surface area (Å²) in [5.74, 6) is -0.326. The average Bonchev–Trinajstić information content (AvgIpc) is 2.85. The molecule has 1 unspecified atom stereocenters. The molecule has 0 amide bonds. The maximum atomic E-state index is 12.0. The summed E-state index contributed by atoms with van der Waals surface area (Å²) in [5, 5.41) is 1.55. The number of esters is 1. The number of fused-ring (bicyclic) bond motifs is 1. The van der Waals surface area contributed by atoms with Crippen molar-refractivity contribution in [3.8, 4) is 0 Å². The second-order valence-corrected chi connectivity index (χ2v) is 8.69. The number of carbonyl (C=O) groups is 1. The fourth-order valence-corrected chi connectivity index (χ4v) is 4.15. The number of pyridine rings is 1. The Morgan fingerprint density at radius 2 is 1.82 bits per heavy atom. The van der Waals surface area contributed by atoms with Crippen LogP contribution in [0.5, 0.6) is 0 Å². The van der Waals surface area contributed by atoms with E-state index < -0.39 is 0 Å². The molecule has 0 bridgehead atoms. The summed E-state index contributed by atoms with van der Waals surface area (Å²) in [7, 11) is 1.39. The molecule has 0 fully saturated rings. The lowest BCUT2D eigenvalue weighted by atomic mass is 9.98. The largest absolute Gasteiger partial charge is 0.465 e. The van der Waals surface area contributed by atoms with Crippen LogP contribution in [0.25, 0.3) is 23.1 Å². The maximum absolute atomic E-state index is 12.0. The van der Waals surface area contributed by atoms with Crippen LogP contribution < -0.4 is 0 Å². The van der Waals surface area contributed by atoms with Crippen molar-refractivity contribution in [1.82, 2.24) is 4.98 Å². The summed E-state index contributed by atoms with van der Waals surface area (Å²) in [6.45, 7) is 0. The SMILES string of the molecule is COC(=O)c1ccccc1CCC(Cl)c1cccc(/C=C/c2ccc3ccc(Cl)cc3n2)c1. The van der Waals surface area contributed by atoms with Crippen LogP contribution >= 0.6 is 23.2 Å². The number of hydrogen-bond donors (Lipinski definition) is 0. The Kier molecular flexibility index (Phi) is 7.43. The van der Waals surface area contributed by atoms with Crippen molar-refractivity contribution >= 4 is 52.2 Å². The third kappa shape index (κ3) is 5.81. The van der Waals surface area contributed by atoms with Crippen LogP contribution in [0, 0.1) is 0 Å². The zero-order chi connectivity index (χ0) is 23.2. The third-order valence-electron chi connectivity index (χ3n) is 5.48. The summed E-state index contributed by atoms with van der Waals surface area (Å²) in [4.78, 5) is 16.7.